The van der Waals surface area contributed by atoms with E-state index in [1.807, 2.05) is 48.9 Å². The van der Waals surface area contributed by atoms with Gasteiger partial charge >= 0.3 is 0 Å². The van der Waals surface area contributed by atoms with Gasteiger partial charge in [-0.1, -0.05) is 12.1 Å². The van der Waals surface area contributed by atoms with Crippen LogP contribution >= 0.6 is 0 Å². The number of rotatable bonds is 8. The molecule has 3 aromatic heterocycles. The fourth-order valence-corrected chi connectivity index (χ4v) is 3.52. The molecule has 0 fully saturated rings. The average molecular weight is 407 g/mol. The van der Waals surface area contributed by atoms with Gasteiger partial charge in [-0.3, -0.25) is 9.48 Å². The van der Waals surface area contributed by atoms with Gasteiger partial charge in [0.15, 0.2) is 0 Å². The van der Waals surface area contributed by atoms with Crippen LogP contribution in [0.4, 0.5) is 0 Å². The second-order valence-corrected chi connectivity index (χ2v) is 7.03. The fraction of sp³-hybridized carbons (Fsp3) is 0.381. The second kappa shape index (κ2) is 8.48. The van der Waals surface area contributed by atoms with Gasteiger partial charge in [-0.25, -0.2) is 4.98 Å². The molecule has 0 saturated heterocycles. The summed E-state index contributed by atoms with van der Waals surface area (Å²) in [5, 5.41) is 15.5. The molecule has 0 aliphatic carbocycles. The molecular weight excluding hydrogens is 382 g/mol. The van der Waals surface area contributed by atoms with Gasteiger partial charge in [0.05, 0.1) is 23.3 Å². The summed E-state index contributed by atoms with van der Waals surface area (Å²) in [7, 11) is 0. The normalized spacial score (nSPS) is 11.3. The predicted octanol–water partition coefficient (Wildman–Crippen LogP) is 2.88. The van der Waals surface area contributed by atoms with Crippen molar-refractivity contribution in [2.24, 2.45) is 0 Å². The van der Waals surface area contributed by atoms with E-state index in [1.165, 1.54) is 0 Å². The summed E-state index contributed by atoms with van der Waals surface area (Å²) in [5.74, 6) is 1.61. The lowest BCUT2D eigenvalue weighted by Crippen LogP contribution is -2.25. The summed E-state index contributed by atoms with van der Waals surface area (Å²) in [6.07, 6.45) is 0.641. The number of nitrogens with zero attached hydrogens (tertiary/aromatic N) is 6. The van der Waals surface area contributed by atoms with E-state index >= 15 is 0 Å². The number of para-hydroxylation sites is 2. The summed E-state index contributed by atoms with van der Waals surface area (Å²) in [5.41, 5.74) is 3.69. The van der Waals surface area contributed by atoms with Crippen molar-refractivity contribution in [2.75, 3.05) is 0 Å². The maximum Gasteiger partial charge on any atom is 0.265 e. The van der Waals surface area contributed by atoms with Crippen molar-refractivity contribution in [3.8, 4) is 11.6 Å². The third-order valence-corrected chi connectivity index (χ3v) is 4.95. The Balaban J connectivity index is 1.35. The third kappa shape index (κ3) is 3.96. The lowest BCUT2D eigenvalue weighted by atomic mass is 10.3. The van der Waals surface area contributed by atoms with Crippen LogP contribution in [0.3, 0.4) is 0 Å². The van der Waals surface area contributed by atoms with E-state index in [9.17, 15) is 4.79 Å². The van der Waals surface area contributed by atoms with E-state index in [1.54, 1.807) is 0 Å². The summed E-state index contributed by atoms with van der Waals surface area (Å²) >= 11 is 0. The molecule has 0 atom stereocenters. The molecule has 0 aliphatic rings. The molecule has 1 amide bonds. The van der Waals surface area contributed by atoms with Crippen LogP contribution < -0.4 is 5.32 Å². The van der Waals surface area contributed by atoms with Crippen LogP contribution in [0.25, 0.3) is 22.6 Å². The minimum atomic E-state index is -0.0843. The summed E-state index contributed by atoms with van der Waals surface area (Å²) < 4.78 is 9.66. The number of hydrogen-bond acceptors (Lipinski definition) is 6. The molecule has 30 heavy (non-hydrogen) atoms. The number of carbonyl (C=O) groups is 1. The minimum absolute atomic E-state index is 0.0843. The second-order valence-electron chi connectivity index (χ2n) is 7.03. The van der Waals surface area contributed by atoms with Gasteiger partial charge < -0.3 is 14.3 Å². The number of carbonyl (C=O) groups excluding carboxylic acids is 1. The molecule has 4 aromatic rings. The number of nitrogens with one attached hydrogen (secondary N) is 1. The SMILES string of the molecule is CCn1nc(C)cc1-c1nnc(CCC(=O)NCc2nc3ccccc3n2CC)o1. The van der Waals surface area contributed by atoms with Crippen molar-refractivity contribution >= 4 is 16.9 Å². The van der Waals surface area contributed by atoms with Crippen LogP contribution in [-0.4, -0.2) is 35.4 Å². The maximum absolute atomic E-state index is 12.3. The van der Waals surface area contributed by atoms with Gasteiger partial charge in [0.25, 0.3) is 5.89 Å². The lowest BCUT2D eigenvalue weighted by molar-refractivity contribution is -0.121. The van der Waals surface area contributed by atoms with Crippen LogP contribution in [0.15, 0.2) is 34.7 Å². The van der Waals surface area contributed by atoms with Crippen LogP contribution in [-0.2, 0) is 30.8 Å². The Morgan fingerprint density at radius 1 is 1.17 bits per heavy atom. The smallest absolute Gasteiger partial charge is 0.265 e. The first kappa shape index (κ1) is 19.8. The first-order valence-electron chi connectivity index (χ1n) is 10.2. The molecule has 0 aliphatic heterocycles. The van der Waals surface area contributed by atoms with Crippen LogP contribution in [0.1, 0.15) is 37.7 Å². The number of amides is 1. The van der Waals surface area contributed by atoms with Crippen LogP contribution in [0.2, 0.25) is 0 Å². The van der Waals surface area contributed by atoms with Crippen LogP contribution in [0, 0.1) is 6.92 Å². The molecule has 9 heteroatoms. The van der Waals surface area contributed by atoms with E-state index in [0.29, 0.717) is 31.3 Å². The Labute approximate surface area is 174 Å². The third-order valence-electron chi connectivity index (χ3n) is 4.95. The Bertz CT molecular complexity index is 1170. The molecule has 156 valence electrons. The van der Waals surface area contributed by atoms with Crippen molar-refractivity contribution in [3.63, 3.8) is 0 Å². The zero-order chi connectivity index (χ0) is 21.1. The van der Waals surface area contributed by atoms with Gasteiger partial charge in [-0.2, -0.15) is 5.10 Å². The van der Waals surface area contributed by atoms with E-state index < -0.39 is 0 Å². The van der Waals surface area contributed by atoms with Crippen molar-refractivity contribution in [1.29, 1.82) is 0 Å². The number of imidazole rings is 1. The first-order chi connectivity index (χ1) is 14.6. The van der Waals surface area contributed by atoms with Crippen molar-refractivity contribution in [3.05, 3.63) is 47.7 Å². The summed E-state index contributed by atoms with van der Waals surface area (Å²) in [6.45, 7) is 7.88. The molecule has 0 radical (unpaired) electrons. The van der Waals surface area contributed by atoms with Gasteiger partial charge in [-0.05, 0) is 39.0 Å². The van der Waals surface area contributed by atoms with Gasteiger partial charge in [0.1, 0.15) is 11.5 Å². The molecular formula is C21H25N7O2. The Morgan fingerprint density at radius 3 is 2.80 bits per heavy atom. The summed E-state index contributed by atoms with van der Waals surface area (Å²) in [4.78, 5) is 17.0. The topological polar surface area (TPSA) is 104 Å². The predicted molar refractivity (Wildman–Crippen MR) is 112 cm³/mol. The number of aryl methyl sites for hydroxylation is 4. The van der Waals surface area contributed by atoms with E-state index in [4.69, 9.17) is 4.42 Å². The highest BCUT2D eigenvalue weighted by atomic mass is 16.4. The van der Waals surface area contributed by atoms with E-state index in [0.717, 1.165) is 34.8 Å². The highest BCUT2D eigenvalue weighted by Crippen LogP contribution is 2.20. The molecule has 0 bridgehead atoms. The maximum atomic E-state index is 12.3. The largest absolute Gasteiger partial charge is 0.419 e. The molecule has 3 heterocycles. The molecule has 1 N–H and O–H groups in total. The van der Waals surface area contributed by atoms with Gasteiger partial charge in [0.2, 0.25) is 11.8 Å². The molecule has 0 spiro atoms. The molecule has 9 nitrogen and oxygen atoms in total. The standard InChI is InChI=1S/C21H25N7O2/c1-4-27-16-9-7-6-8-15(16)23-18(27)13-22-19(29)10-11-20-24-25-21(30-20)17-12-14(3)26-28(17)5-2/h6-9,12H,4-5,10-11,13H2,1-3H3,(H,22,29). The van der Waals surface area contributed by atoms with Crippen molar-refractivity contribution < 1.29 is 9.21 Å². The number of aromatic nitrogens is 6. The zero-order valence-corrected chi connectivity index (χ0v) is 17.4. The fourth-order valence-electron chi connectivity index (χ4n) is 3.52. The van der Waals surface area contributed by atoms with Crippen molar-refractivity contribution in [1.82, 2.24) is 34.8 Å². The molecule has 0 unspecified atom stereocenters. The highest BCUT2D eigenvalue weighted by Gasteiger charge is 2.16. The highest BCUT2D eigenvalue weighted by molar-refractivity contribution is 5.77. The molecule has 4 rings (SSSR count). The van der Waals surface area contributed by atoms with Gasteiger partial charge in [0, 0.05) is 25.9 Å². The minimum Gasteiger partial charge on any atom is -0.419 e. The Hall–Kier alpha value is -3.49. The average Bonchev–Trinajstić information content (AvgIpc) is 3.46. The van der Waals surface area contributed by atoms with Crippen LogP contribution in [0.5, 0.6) is 0 Å². The number of benzene rings is 1. The lowest BCUT2D eigenvalue weighted by Gasteiger charge is -2.07. The quantitative estimate of drug-likeness (QED) is 0.482. The number of fused-ring (bicyclic) bond motifs is 1. The summed E-state index contributed by atoms with van der Waals surface area (Å²) in [6, 6.07) is 9.88. The monoisotopic (exact) mass is 407 g/mol. The Kier molecular flexibility index (Phi) is 5.60. The van der Waals surface area contributed by atoms with E-state index in [2.05, 4.69) is 37.1 Å². The zero-order valence-electron chi connectivity index (χ0n) is 17.4. The molecule has 1 aromatic carbocycles. The van der Waals surface area contributed by atoms with Gasteiger partial charge in [-0.15, -0.1) is 10.2 Å². The number of hydrogen-bond donors (Lipinski definition) is 1. The first-order valence-corrected chi connectivity index (χ1v) is 10.2. The molecule has 0 saturated carbocycles. The van der Waals surface area contributed by atoms with E-state index in [-0.39, 0.29) is 12.3 Å². The van der Waals surface area contributed by atoms with Crippen molar-refractivity contribution in [2.45, 2.75) is 53.2 Å². The Morgan fingerprint density at radius 2 is 2.00 bits per heavy atom.